The Kier molecular flexibility index (Phi) is 9.55. The van der Waals surface area contributed by atoms with E-state index in [1.165, 1.54) is 11.5 Å². The van der Waals surface area contributed by atoms with E-state index >= 15 is 0 Å². The quantitative estimate of drug-likeness (QED) is 0.377. The van der Waals surface area contributed by atoms with E-state index in [1.807, 2.05) is 0 Å². The second kappa shape index (κ2) is 10.9. The molecule has 0 unspecified atom stereocenters. The van der Waals surface area contributed by atoms with Crippen LogP contribution in [0.5, 0.6) is 0 Å². The molecule has 1 fully saturated rings. The fourth-order valence-corrected chi connectivity index (χ4v) is 3.21. The van der Waals surface area contributed by atoms with Gasteiger partial charge in [0.15, 0.2) is 5.96 Å². The maximum atomic E-state index is 11.8. The number of aromatic nitrogens is 2. The van der Waals surface area contributed by atoms with E-state index in [9.17, 15) is 4.79 Å². The van der Waals surface area contributed by atoms with E-state index in [0.717, 1.165) is 49.5 Å². The number of amides is 1. The third-order valence-electron chi connectivity index (χ3n) is 3.90. The van der Waals surface area contributed by atoms with Crippen LogP contribution < -0.4 is 10.2 Å². The summed E-state index contributed by atoms with van der Waals surface area (Å²) >= 11 is 1.47. The molecule has 148 valence electrons. The minimum Gasteiger partial charge on any atom is -0.354 e. The molecular weight excluding hydrogens is 465 g/mol. The Morgan fingerprint density at radius 2 is 1.96 bits per heavy atom. The number of nitrogens with zero attached hydrogens (tertiary/aromatic N) is 6. The molecule has 1 aliphatic rings. The summed E-state index contributed by atoms with van der Waals surface area (Å²) in [7, 11) is 3.50. The molecule has 2 heterocycles. The van der Waals surface area contributed by atoms with Gasteiger partial charge in [0, 0.05) is 64.3 Å². The second-order valence-electron chi connectivity index (χ2n) is 6.55. The van der Waals surface area contributed by atoms with Crippen molar-refractivity contribution in [1.29, 1.82) is 0 Å². The first-order chi connectivity index (χ1) is 11.9. The number of nitrogens with one attached hydrogen (secondary N) is 1. The minimum atomic E-state index is 0. The highest BCUT2D eigenvalue weighted by atomic mass is 127. The Bertz CT molecular complexity index is 597. The SMILES string of the molecule is CCc1nsc(N2CCN(C(=NCC(=O)N(C)C)NC(C)C)CC2)n1.I. The molecule has 0 atom stereocenters. The lowest BCUT2D eigenvalue weighted by Gasteiger charge is -2.36. The third-order valence-corrected chi connectivity index (χ3v) is 4.72. The van der Waals surface area contributed by atoms with Crippen LogP contribution in [0.4, 0.5) is 5.13 Å². The fraction of sp³-hybridized carbons (Fsp3) is 0.750. The lowest BCUT2D eigenvalue weighted by atomic mass is 10.3. The summed E-state index contributed by atoms with van der Waals surface area (Å²) in [4.78, 5) is 27.0. The molecule has 1 aliphatic heterocycles. The van der Waals surface area contributed by atoms with Gasteiger partial charge in [-0.2, -0.15) is 4.37 Å². The number of aryl methyl sites for hydroxylation is 1. The highest BCUT2D eigenvalue weighted by Crippen LogP contribution is 2.19. The lowest BCUT2D eigenvalue weighted by molar-refractivity contribution is -0.127. The van der Waals surface area contributed by atoms with Crippen LogP contribution in [0.15, 0.2) is 4.99 Å². The van der Waals surface area contributed by atoms with Crippen molar-refractivity contribution in [1.82, 2.24) is 24.5 Å². The third kappa shape index (κ3) is 6.53. The minimum absolute atomic E-state index is 0. The Morgan fingerprint density at radius 1 is 1.31 bits per heavy atom. The molecule has 0 aliphatic carbocycles. The van der Waals surface area contributed by atoms with Gasteiger partial charge in [0.2, 0.25) is 11.0 Å². The zero-order chi connectivity index (χ0) is 18.4. The van der Waals surface area contributed by atoms with Crippen LogP contribution in [0, 0.1) is 0 Å². The van der Waals surface area contributed by atoms with Gasteiger partial charge in [-0.25, -0.2) is 9.98 Å². The average Bonchev–Trinajstić information content (AvgIpc) is 3.07. The number of halogens is 1. The molecule has 2 rings (SSSR count). The smallest absolute Gasteiger partial charge is 0.243 e. The van der Waals surface area contributed by atoms with E-state index in [1.54, 1.807) is 19.0 Å². The first-order valence-electron chi connectivity index (χ1n) is 8.74. The highest BCUT2D eigenvalue weighted by Gasteiger charge is 2.22. The van der Waals surface area contributed by atoms with Gasteiger partial charge in [-0.1, -0.05) is 6.92 Å². The first-order valence-corrected chi connectivity index (χ1v) is 9.51. The van der Waals surface area contributed by atoms with E-state index in [4.69, 9.17) is 0 Å². The Morgan fingerprint density at radius 3 is 2.46 bits per heavy atom. The number of rotatable bonds is 5. The van der Waals surface area contributed by atoms with Crippen molar-refractivity contribution in [2.45, 2.75) is 33.2 Å². The van der Waals surface area contributed by atoms with Gasteiger partial charge in [-0.15, -0.1) is 24.0 Å². The largest absolute Gasteiger partial charge is 0.354 e. The molecule has 0 bridgehead atoms. The fourth-order valence-electron chi connectivity index (χ4n) is 2.41. The summed E-state index contributed by atoms with van der Waals surface area (Å²) in [6.07, 6.45) is 0.867. The van der Waals surface area contributed by atoms with Gasteiger partial charge in [0.25, 0.3) is 0 Å². The van der Waals surface area contributed by atoms with E-state index < -0.39 is 0 Å². The van der Waals surface area contributed by atoms with E-state index in [-0.39, 0.29) is 42.5 Å². The maximum absolute atomic E-state index is 11.8. The lowest BCUT2D eigenvalue weighted by Crippen LogP contribution is -2.54. The van der Waals surface area contributed by atoms with Crippen molar-refractivity contribution in [2.24, 2.45) is 4.99 Å². The van der Waals surface area contributed by atoms with E-state index in [2.05, 4.69) is 50.2 Å². The number of likely N-dealkylation sites (N-methyl/N-ethyl adjacent to an activating group) is 1. The van der Waals surface area contributed by atoms with Gasteiger partial charge in [0.05, 0.1) is 0 Å². The van der Waals surface area contributed by atoms with Crippen LogP contribution in [0.25, 0.3) is 0 Å². The molecule has 1 N–H and O–H groups in total. The molecule has 0 saturated carbocycles. The zero-order valence-electron chi connectivity index (χ0n) is 16.2. The first kappa shape index (κ1) is 22.9. The molecule has 1 saturated heterocycles. The van der Waals surface area contributed by atoms with Crippen molar-refractivity contribution in [3.8, 4) is 0 Å². The van der Waals surface area contributed by atoms with Crippen molar-refractivity contribution in [3.63, 3.8) is 0 Å². The molecule has 10 heteroatoms. The average molecular weight is 495 g/mol. The molecule has 1 amide bonds. The Labute approximate surface area is 177 Å². The van der Waals surface area contributed by atoms with Gasteiger partial charge in [0.1, 0.15) is 12.4 Å². The van der Waals surface area contributed by atoms with Crippen LogP contribution >= 0.6 is 35.5 Å². The predicted octanol–water partition coefficient (Wildman–Crippen LogP) is 1.28. The normalized spacial score (nSPS) is 15.1. The number of anilines is 1. The summed E-state index contributed by atoms with van der Waals surface area (Å²) < 4.78 is 4.37. The number of guanidine groups is 1. The number of carbonyl (C=O) groups excluding carboxylic acids is 1. The topological polar surface area (TPSA) is 77.0 Å². The molecule has 1 aromatic heterocycles. The number of piperazine rings is 1. The van der Waals surface area contributed by atoms with Gasteiger partial charge < -0.3 is 20.0 Å². The van der Waals surface area contributed by atoms with Gasteiger partial charge >= 0.3 is 0 Å². The summed E-state index contributed by atoms with van der Waals surface area (Å²) in [5.41, 5.74) is 0. The number of hydrogen-bond acceptors (Lipinski definition) is 6. The molecule has 1 aromatic rings. The van der Waals surface area contributed by atoms with Crippen LogP contribution in [-0.2, 0) is 11.2 Å². The van der Waals surface area contributed by atoms with Gasteiger partial charge in [-0.05, 0) is 13.8 Å². The monoisotopic (exact) mass is 495 g/mol. The highest BCUT2D eigenvalue weighted by molar-refractivity contribution is 14.0. The maximum Gasteiger partial charge on any atom is 0.243 e. The molecule has 0 radical (unpaired) electrons. The van der Waals surface area contributed by atoms with Crippen LogP contribution in [0.1, 0.15) is 26.6 Å². The van der Waals surface area contributed by atoms with Crippen molar-refractivity contribution in [2.75, 3.05) is 51.7 Å². The molecule has 26 heavy (non-hydrogen) atoms. The predicted molar refractivity (Wildman–Crippen MR) is 118 cm³/mol. The summed E-state index contributed by atoms with van der Waals surface area (Å²) in [6, 6.07) is 0.265. The molecule has 8 nitrogen and oxygen atoms in total. The van der Waals surface area contributed by atoms with Crippen LogP contribution in [-0.4, -0.2) is 83.9 Å². The molecule has 0 aromatic carbocycles. The number of aliphatic imine (C=N–C) groups is 1. The number of carbonyl (C=O) groups is 1. The Balaban J connectivity index is 0.00000338. The zero-order valence-corrected chi connectivity index (χ0v) is 19.4. The van der Waals surface area contributed by atoms with Gasteiger partial charge in [-0.3, -0.25) is 4.79 Å². The Hall–Kier alpha value is -1.17. The molecule has 0 spiro atoms. The van der Waals surface area contributed by atoms with Crippen molar-refractivity contribution < 1.29 is 4.79 Å². The van der Waals surface area contributed by atoms with Crippen molar-refractivity contribution in [3.05, 3.63) is 5.82 Å². The summed E-state index contributed by atoms with van der Waals surface area (Å²) in [5.74, 6) is 1.72. The molecular formula is C16H30IN7OS. The van der Waals surface area contributed by atoms with E-state index in [0.29, 0.717) is 0 Å². The second-order valence-corrected chi connectivity index (χ2v) is 7.28. The van der Waals surface area contributed by atoms with Crippen LogP contribution in [0.2, 0.25) is 0 Å². The summed E-state index contributed by atoms with van der Waals surface area (Å²) in [5, 5.41) is 4.37. The summed E-state index contributed by atoms with van der Waals surface area (Å²) in [6.45, 7) is 9.82. The van der Waals surface area contributed by atoms with Crippen molar-refractivity contribution >= 4 is 52.5 Å². The number of hydrogen-bond donors (Lipinski definition) is 1. The van der Waals surface area contributed by atoms with Crippen LogP contribution in [0.3, 0.4) is 0 Å². The standard InChI is InChI=1S/C16H29N7OS.HI/c1-6-13-19-16(25-20-13)23-9-7-22(8-10-23)15(18-12(2)3)17-11-14(24)21(4)5;/h12H,6-11H2,1-5H3,(H,17,18);1H.